The van der Waals surface area contributed by atoms with Gasteiger partial charge in [-0.3, -0.25) is 9.59 Å². The monoisotopic (exact) mass is 494 g/mol. The topological polar surface area (TPSA) is 89.2 Å². The predicted molar refractivity (Wildman–Crippen MR) is 125 cm³/mol. The molecule has 36 heavy (non-hydrogen) atoms. The zero-order chi connectivity index (χ0) is 25.3. The molecular formula is C26H21F3N4O3. The quantitative estimate of drug-likeness (QED) is 0.353. The Hall–Kier alpha value is -4.34. The second-order valence-electron chi connectivity index (χ2n) is 8.49. The highest BCUT2D eigenvalue weighted by Gasteiger charge is 2.34. The summed E-state index contributed by atoms with van der Waals surface area (Å²) >= 11 is 0. The van der Waals surface area contributed by atoms with Crippen LogP contribution in [0.5, 0.6) is 0 Å². The van der Waals surface area contributed by atoms with Crippen molar-refractivity contribution in [3.63, 3.8) is 0 Å². The summed E-state index contributed by atoms with van der Waals surface area (Å²) in [5.74, 6) is -0.528. The zero-order valence-electron chi connectivity index (χ0n) is 18.9. The molecule has 0 bridgehead atoms. The van der Waals surface area contributed by atoms with Gasteiger partial charge in [-0.05, 0) is 60.9 Å². The SMILES string of the molecule is O=C(Nc1cccc(CNC(=O)c2cnn(-c3cccc(C(F)(F)F)c3)c2C2CC2)c1)c1ccco1. The Morgan fingerprint density at radius 2 is 1.83 bits per heavy atom. The van der Waals surface area contributed by atoms with Crippen molar-refractivity contribution in [1.82, 2.24) is 15.1 Å². The highest BCUT2D eigenvalue weighted by molar-refractivity contribution is 6.02. The first-order valence-corrected chi connectivity index (χ1v) is 11.3. The number of carbonyl (C=O) groups is 2. The summed E-state index contributed by atoms with van der Waals surface area (Å²) in [4.78, 5) is 25.2. The average molecular weight is 494 g/mol. The van der Waals surface area contributed by atoms with Gasteiger partial charge in [0, 0.05) is 18.2 Å². The summed E-state index contributed by atoms with van der Waals surface area (Å²) in [6.07, 6.45) is -0.00500. The van der Waals surface area contributed by atoms with Gasteiger partial charge in [0.25, 0.3) is 11.8 Å². The number of benzene rings is 2. The molecule has 1 aliphatic rings. The first-order chi connectivity index (χ1) is 17.3. The Bertz CT molecular complexity index is 1410. The highest BCUT2D eigenvalue weighted by Crippen LogP contribution is 2.43. The molecule has 1 fully saturated rings. The van der Waals surface area contributed by atoms with E-state index in [1.54, 1.807) is 36.4 Å². The Morgan fingerprint density at radius 3 is 2.56 bits per heavy atom. The molecule has 2 aromatic heterocycles. The standard InChI is InChI=1S/C26H21F3N4O3/c27-26(28,29)18-5-2-7-20(13-18)33-23(17-9-10-17)21(15-31-33)24(34)30-14-16-4-1-6-19(12-16)32-25(35)22-8-3-11-36-22/h1-8,11-13,15,17H,9-10,14H2,(H,30,34)(H,32,35). The van der Waals surface area contributed by atoms with Crippen LogP contribution in [0.2, 0.25) is 0 Å². The van der Waals surface area contributed by atoms with Crippen molar-refractivity contribution in [2.24, 2.45) is 0 Å². The fourth-order valence-corrected chi connectivity index (χ4v) is 3.94. The van der Waals surface area contributed by atoms with E-state index in [0.29, 0.717) is 16.9 Å². The number of rotatable bonds is 7. The fraction of sp³-hybridized carbons (Fsp3) is 0.192. The molecule has 2 aromatic carbocycles. The van der Waals surface area contributed by atoms with Crippen LogP contribution in [0.1, 0.15) is 56.5 Å². The van der Waals surface area contributed by atoms with Crippen molar-refractivity contribution in [1.29, 1.82) is 0 Å². The smallest absolute Gasteiger partial charge is 0.416 e. The molecule has 4 aromatic rings. The molecule has 1 saturated carbocycles. The fourth-order valence-electron chi connectivity index (χ4n) is 3.94. The number of hydrogen-bond donors (Lipinski definition) is 2. The molecule has 184 valence electrons. The normalized spacial score (nSPS) is 13.4. The molecule has 0 radical (unpaired) electrons. The van der Waals surface area contributed by atoms with Crippen LogP contribution in [-0.2, 0) is 12.7 Å². The number of anilines is 1. The summed E-state index contributed by atoms with van der Waals surface area (Å²) in [6.45, 7) is 0.183. The van der Waals surface area contributed by atoms with Gasteiger partial charge in [-0.2, -0.15) is 18.3 Å². The van der Waals surface area contributed by atoms with Crippen molar-refractivity contribution in [2.75, 3.05) is 5.32 Å². The minimum Gasteiger partial charge on any atom is -0.459 e. The number of amides is 2. The summed E-state index contributed by atoms with van der Waals surface area (Å²) in [5.41, 5.74) is 1.70. The van der Waals surface area contributed by atoms with E-state index >= 15 is 0 Å². The lowest BCUT2D eigenvalue weighted by atomic mass is 10.1. The molecule has 1 aliphatic carbocycles. The van der Waals surface area contributed by atoms with Crippen molar-refractivity contribution in [3.8, 4) is 5.69 Å². The molecular weight excluding hydrogens is 473 g/mol. The highest BCUT2D eigenvalue weighted by atomic mass is 19.4. The molecule has 5 rings (SSSR count). The van der Waals surface area contributed by atoms with Crippen molar-refractivity contribution < 1.29 is 27.2 Å². The summed E-state index contributed by atoms with van der Waals surface area (Å²) < 4.78 is 46.1. The van der Waals surface area contributed by atoms with E-state index in [-0.39, 0.29) is 29.8 Å². The van der Waals surface area contributed by atoms with Crippen LogP contribution in [0.4, 0.5) is 18.9 Å². The lowest BCUT2D eigenvalue weighted by Crippen LogP contribution is -2.24. The minimum absolute atomic E-state index is 0.0583. The average Bonchev–Trinajstić information content (AvgIpc) is 3.36. The van der Waals surface area contributed by atoms with Crippen LogP contribution in [0.25, 0.3) is 5.69 Å². The van der Waals surface area contributed by atoms with Gasteiger partial charge in [0.1, 0.15) is 0 Å². The van der Waals surface area contributed by atoms with Gasteiger partial charge in [-0.15, -0.1) is 0 Å². The number of aromatic nitrogens is 2. The van der Waals surface area contributed by atoms with Crippen LogP contribution in [0.3, 0.4) is 0 Å². The zero-order valence-corrected chi connectivity index (χ0v) is 18.9. The second kappa shape index (κ2) is 9.37. The molecule has 0 atom stereocenters. The Labute approximate surface area is 203 Å². The van der Waals surface area contributed by atoms with Gasteiger partial charge in [-0.1, -0.05) is 18.2 Å². The van der Waals surface area contributed by atoms with Crippen LogP contribution in [0, 0.1) is 0 Å². The lowest BCUT2D eigenvalue weighted by Gasteiger charge is -2.12. The molecule has 2 N–H and O–H groups in total. The van der Waals surface area contributed by atoms with Gasteiger partial charge in [0.15, 0.2) is 5.76 Å². The van der Waals surface area contributed by atoms with E-state index in [1.807, 2.05) is 0 Å². The summed E-state index contributed by atoms with van der Waals surface area (Å²) in [7, 11) is 0. The van der Waals surface area contributed by atoms with Gasteiger partial charge in [0.2, 0.25) is 0 Å². The largest absolute Gasteiger partial charge is 0.459 e. The number of carbonyl (C=O) groups excluding carboxylic acids is 2. The number of furan rings is 1. The molecule has 2 heterocycles. The molecule has 0 unspecified atom stereocenters. The molecule has 0 spiro atoms. The Morgan fingerprint density at radius 1 is 1.03 bits per heavy atom. The second-order valence-corrected chi connectivity index (χ2v) is 8.49. The van der Waals surface area contributed by atoms with E-state index in [2.05, 4.69) is 15.7 Å². The summed E-state index contributed by atoms with van der Waals surface area (Å²) in [6, 6.07) is 15.1. The van der Waals surface area contributed by atoms with E-state index in [0.717, 1.165) is 30.5 Å². The number of alkyl halides is 3. The maximum absolute atomic E-state index is 13.2. The maximum Gasteiger partial charge on any atom is 0.416 e. The molecule has 10 heteroatoms. The number of nitrogens with zero attached hydrogens (tertiary/aromatic N) is 2. The van der Waals surface area contributed by atoms with Crippen LogP contribution in [-0.4, -0.2) is 21.6 Å². The third-order valence-corrected chi connectivity index (χ3v) is 5.82. The predicted octanol–water partition coefficient (Wildman–Crippen LogP) is 5.54. The first-order valence-electron chi connectivity index (χ1n) is 11.3. The third kappa shape index (κ3) is 5.02. The summed E-state index contributed by atoms with van der Waals surface area (Å²) in [5, 5.41) is 9.83. The van der Waals surface area contributed by atoms with Gasteiger partial charge in [-0.25, -0.2) is 4.68 Å². The minimum atomic E-state index is -4.48. The van der Waals surface area contributed by atoms with E-state index in [4.69, 9.17) is 4.42 Å². The first kappa shape index (κ1) is 23.4. The van der Waals surface area contributed by atoms with Gasteiger partial charge >= 0.3 is 6.18 Å². The third-order valence-electron chi connectivity index (χ3n) is 5.82. The van der Waals surface area contributed by atoms with Gasteiger partial charge < -0.3 is 15.1 Å². The molecule has 2 amide bonds. The van der Waals surface area contributed by atoms with Crippen molar-refractivity contribution in [2.45, 2.75) is 31.5 Å². The van der Waals surface area contributed by atoms with Crippen LogP contribution < -0.4 is 10.6 Å². The van der Waals surface area contributed by atoms with Crippen molar-refractivity contribution in [3.05, 3.63) is 101 Å². The van der Waals surface area contributed by atoms with Gasteiger partial charge in [0.05, 0.1) is 35.0 Å². The molecule has 7 nitrogen and oxygen atoms in total. The molecule has 0 aliphatic heterocycles. The number of halogens is 3. The van der Waals surface area contributed by atoms with Crippen molar-refractivity contribution >= 4 is 17.5 Å². The maximum atomic E-state index is 13.2. The van der Waals surface area contributed by atoms with E-state index in [1.165, 1.54) is 29.3 Å². The van der Waals surface area contributed by atoms with E-state index < -0.39 is 17.6 Å². The Kier molecular flexibility index (Phi) is 6.09. The van der Waals surface area contributed by atoms with Crippen LogP contribution >= 0.6 is 0 Å². The Balaban J connectivity index is 1.31. The molecule has 0 saturated heterocycles. The van der Waals surface area contributed by atoms with E-state index in [9.17, 15) is 22.8 Å². The number of nitrogens with one attached hydrogen (secondary N) is 2. The number of hydrogen-bond acceptors (Lipinski definition) is 4. The van der Waals surface area contributed by atoms with Crippen LogP contribution in [0.15, 0.2) is 77.5 Å². The lowest BCUT2D eigenvalue weighted by molar-refractivity contribution is -0.137.